The molecule has 154 valence electrons. The molecule has 4 aromatic rings. The van der Waals surface area contributed by atoms with Gasteiger partial charge >= 0.3 is 12.0 Å². The van der Waals surface area contributed by atoms with Crippen LogP contribution in [0.4, 0.5) is 10.5 Å². The van der Waals surface area contributed by atoms with E-state index in [1.807, 2.05) is 91.0 Å². The predicted octanol–water partition coefficient (Wildman–Crippen LogP) is 5.97. The molecule has 0 saturated carbocycles. The van der Waals surface area contributed by atoms with Gasteiger partial charge in [-0.15, -0.1) is 0 Å². The molecule has 0 saturated heterocycles. The quantitative estimate of drug-likeness (QED) is 0.413. The minimum atomic E-state index is -0.406. The molecule has 4 rings (SSSR count). The van der Waals surface area contributed by atoms with Gasteiger partial charge in [0.1, 0.15) is 6.61 Å². The normalized spacial score (nSPS) is 10.5. The molecule has 1 N–H and O–H groups in total. The van der Waals surface area contributed by atoms with Crippen LogP contribution in [-0.4, -0.2) is 16.6 Å². The summed E-state index contributed by atoms with van der Waals surface area (Å²) in [5, 5.41) is 2.91. The minimum Gasteiger partial charge on any atom is -0.459 e. The van der Waals surface area contributed by atoms with E-state index in [9.17, 15) is 9.59 Å². The molecule has 0 fully saturated rings. The van der Waals surface area contributed by atoms with E-state index in [4.69, 9.17) is 4.74 Å². The zero-order chi connectivity index (χ0) is 21.6. The van der Waals surface area contributed by atoms with Gasteiger partial charge in [-0.1, -0.05) is 78.9 Å². The molecule has 0 aliphatic carbocycles. The van der Waals surface area contributed by atoms with Gasteiger partial charge in [0.05, 0.1) is 5.69 Å². The smallest absolute Gasteiger partial charge is 0.330 e. The third kappa shape index (κ3) is 4.56. The summed E-state index contributed by atoms with van der Waals surface area (Å²) in [6.45, 7) is 1.34. The van der Waals surface area contributed by atoms with Crippen LogP contribution < -0.4 is 5.32 Å². The monoisotopic (exact) mass is 410 g/mol. The summed E-state index contributed by atoms with van der Waals surface area (Å²) in [5.74, 6) is -0.406. The molecule has 0 unspecified atom stereocenters. The van der Waals surface area contributed by atoms with Gasteiger partial charge in [0.2, 0.25) is 0 Å². The number of hydrogen-bond donors (Lipinski definition) is 1. The summed E-state index contributed by atoms with van der Waals surface area (Å²) in [6, 6.07) is 28.6. The second kappa shape index (κ2) is 9.13. The fourth-order valence-electron chi connectivity index (χ4n) is 3.51. The topological polar surface area (TPSA) is 60.3 Å². The maximum absolute atomic E-state index is 13.2. The summed E-state index contributed by atoms with van der Waals surface area (Å²) < 4.78 is 6.87. The lowest BCUT2D eigenvalue weighted by atomic mass is 9.97. The van der Waals surface area contributed by atoms with Crippen molar-refractivity contribution in [1.29, 1.82) is 0 Å². The van der Waals surface area contributed by atoms with Crippen molar-refractivity contribution in [2.24, 2.45) is 0 Å². The first kappa shape index (κ1) is 20.2. The first-order valence-corrected chi connectivity index (χ1v) is 9.98. The van der Waals surface area contributed by atoms with Crippen molar-refractivity contribution in [3.05, 3.63) is 103 Å². The molecule has 5 nitrogen and oxygen atoms in total. The van der Waals surface area contributed by atoms with Gasteiger partial charge in [-0.2, -0.15) is 0 Å². The van der Waals surface area contributed by atoms with Gasteiger partial charge in [0.25, 0.3) is 0 Å². The molecular weight excluding hydrogens is 388 g/mol. The van der Waals surface area contributed by atoms with Crippen molar-refractivity contribution < 1.29 is 14.3 Å². The Balaban J connectivity index is 1.88. The number of carbonyl (C=O) groups is 2. The van der Waals surface area contributed by atoms with Gasteiger partial charge < -0.3 is 10.1 Å². The summed E-state index contributed by atoms with van der Waals surface area (Å²) in [7, 11) is 0. The van der Waals surface area contributed by atoms with Gasteiger partial charge in [-0.3, -0.25) is 9.36 Å². The Hall–Kier alpha value is -4.12. The van der Waals surface area contributed by atoms with Crippen LogP contribution in [0.2, 0.25) is 0 Å². The SMILES string of the molecule is CC(=O)OCc1c(-c2ccccc2)c(-c2ccccc2)cn1C(=O)Nc1ccccc1. The van der Waals surface area contributed by atoms with E-state index in [0.29, 0.717) is 11.4 Å². The lowest BCUT2D eigenvalue weighted by Crippen LogP contribution is -2.21. The van der Waals surface area contributed by atoms with Crippen molar-refractivity contribution in [1.82, 2.24) is 4.57 Å². The van der Waals surface area contributed by atoms with Crippen LogP contribution in [0.3, 0.4) is 0 Å². The number of rotatable bonds is 5. The van der Waals surface area contributed by atoms with Crippen LogP contribution in [0.15, 0.2) is 97.2 Å². The van der Waals surface area contributed by atoms with Crippen molar-refractivity contribution in [3.8, 4) is 22.3 Å². The number of benzene rings is 3. The van der Waals surface area contributed by atoms with E-state index in [1.165, 1.54) is 11.5 Å². The molecule has 0 aliphatic rings. The zero-order valence-electron chi connectivity index (χ0n) is 17.1. The fourth-order valence-corrected chi connectivity index (χ4v) is 3.51. The van der Waals surface area contributed by atoms with Crippen LogP contribution in [0.1, 0.15) is 12.6 Å². The molecule has 31 heavy (non-hydrogen) atoms. The Morgan fingerprint density at radius 1 is 0.806 bits per heavy atom. The molecule has 1 aromatic heterocycles. The minimum absolute atomic E-state index is 0.0192. The summed E-state index contributed by atoms with van der Waals surface area (Å²) in [4.78, 5) is 24.8. The van der Waals surface area contributed by atoms with Crippen LogP contribution in [0, 0.1) is 0 Å². The Bertz CT molecular complexity index is 1180. The lowest BCUT2D eigenvalue weighted by Gasteiger charge is -2.12. The molecule has 1 amide bonds. The first-order valence-electron chi connectivity index (χ1n) is 9.98. The molecule has 3 aromatic carbocycles. The van der Waals surface area contributed by atoms with Gasteiger partial charge in [-0.05, 0) is 23.3 Å². The average molecular weight is 410 g/mol. The summed E-state index contributed by atoms with van der Waals surface area (Å²) in [6.07, 6.45) is 1.80. The second-order valence-electron chi connectivity index (χ2n) is 7.04. The number of amides is 1. The van der Waals surface area contributed by atoms with E-state index in [-0.39, 0.29) is 12.6 Å². The Morgan fingerprint density at radius 3 is 1.94 bits per heavy atom. The fraction of sp³-hybridized carbons (Fsp3) is 0.0769. The standard InChI is InChI=1S/C26H22N2O3/c1-19(29)31-18-24-25(21-13-7-3-8-14-21)23(20-11-5-2-6-12-20)17-28(24)26(30)27-22-15-9-4-10-16-22/h2-17H,18H2,1H3,(H,27,30). The highest BCUT2D eigenvalue weighted by Crippen LogP contribution is 2.37. The van der Waals surface area contributed by atoms with E-state index < -0.39 is 5.97 Å². The molecule has 5 heteroatoms. The number of carbonyl (C=O) groups excluding carboxylic acids is 2. The Kier molecular flexibility index (Phi) is 5.94. The van der Waals surface area contributed by atoms with Gasteiger partial charge in [-0.25, -0.2) is 4.79 Å². The maximum atomic E-state index is 13.2. The van der Waals surface area contributed by atoms with Gasteiger partial charge in [0.15, 0.2) is 0 Å². The molecular formula is C26H22N2O3. The van der Waals surface area contributed by atoms with Crippen molar-refractivity contribution >= 4 is 17.7 Å². The predicted molar refractivity (Wildman–Crippen MR) is 122 cm³/mol. The maximum Gasteiger partial charge on any atom is 0.330 e. The van der Waals surface area contributed by atoms with Crippen molar-refractivity contribution in [2.45, 2.75) is 13.5 Å². The number of nitrogens with zero attached hydrogens (tertiary/aromatic N) is 1. The lowest BCUT2D eigenvalue weighted by molar-refractivity contribution is -0.142. The van der Waals surface area contributed by atoms with Crippen LogP contribution in [-0.2, 0) is 16.1 Å². The van der Waals surface area contributed by atoms with Crippen molar-refractivity contribution in [2.75, 3.05) is 5.32 Å². The summed E-state index contributed by atoms with van der Waals surface area (Å²) in [5.41, 5.74) is 4.94. The third-order valence-electron chi connectivity index (χ3n) is 4.91. The Morgan fingerprint density at radius 2 is 1.35 bits per heavy atom. The highest BCUT2D eigenvalue weighted by molar-refractivity contribution is 5.96. The van der Waals surface area contributed by atoms with E-state index in [1.54, 1.807) is 6.20 Å². The van der Waals surface area contributed by atoms with Crippen LogP contribution in [0.5, 0.6) is 0 Å². The third-order valence-corrected chi connectivity index (χ3v) is 4.91. The average Bonchev–Trinajstić information content (AvgIpc) is 3.19. The van der Waals surface area contributed by atoms with E-state index >= 15 is 0 Å². The number of aromatic nitrogens is 1. The molecule has 1 heterocycles. The molecule has 0 spiro atoms. The second-order valence-corrected chi connectivity index (χ2v) is 7.04. The number of hydrogen-bond acceptors (Lipinski definition) is 3. The van der Waals surface area contributed by atoms with E-state index in [2.05, 4.69) is 5.32 Å². The summed E-state index contributed by atoms with van der Waals surface area (Å²) >= 11 is 0. The highest BCUT2D eigenvalue weighted by atomic mass is 16.5. The number of para-hydroxylation sites is 1. The molecule has 0 radical (unpaired) electrons. The van der Waals surface area contributed by atoms with Crippen molar-refractivity contribution in [3.63, 3.8) is 0 Å². The van der Waals surface area contributed by atoms with Crippen LogP contribution in [0.25, 0.3) is 22.3 Å². The molecule has 0 aliphatic heterocycles. The highest BCUT2D eigenvalue weighted by Gasteiger charge is 2.23. The molecule has 0 atom stereocenters. The largest absolute Gasteiger partial charge is 0.459 e. The van der Waals surface area contributed by atoms with Gasteiger partial charge in [0, 0.05) is 29.9 Å². The number of esters is 1. The number of anilines is 1. The first-order chi connectivity index (χ1) is 15.1. The Labute approximate surface area is 180 Å². The number of nitrogens with one attached hydrogen (secondary N) is 1. The zero-order valence-corrected chi connectivity index (χ0v) is 17.1. The van der Waals surface area contributed by atoms with E-state index in [0.717, 1.165) is 22.3 Å². The number of ether oxygens (including phenoxy) is 1. The molecule has 0 bridgehead atoms. The van der Waals surface area contributed by atoms with Crippen LogP contribution >= 0.6 is 0 Å².